The maximum atomic E-state index is 11.0. The van der Waals surface area contributed by atoms with Gasteiger partial charge < -0.3 is 15.7 Å². The fourth-order valence-electron chi connectivity index (χ4n) is 1.17. The highest BCUT2D eigenvalue weighted by atomic mass is 32.2. The number of benzene rings is 1. The highest BCUT2D eigenvalue weighted by Crippen LogP contribution is 2.25. The van der Waals surface area contributed by atoms with E-state index < -0.39 is 5.97 Å². The van der Waals surface area contributed by atoms with Crippen LogP contribution in [0.3, 0.4) is 0 Å². The third-order valence-corrected chi connectivity index (χ3v) is 3.07. The zero-order chi connectivity index (χ0) is 12.1. The number of hydrogen-bond donors (Lipinski definition) is 2. The van der Waals surface area contributed by atoms with E-state index in [0.717, 1.165) is 17.2 Å². The molecule has 0 heterocycles. The first-order chi connectivity index (χ1) is 7.50. The molecule has 0 fully saturated rings. The van der Waals surface area contributed by atoms with Crippen molar-refractivity contribution >= 4 is 23.4 Å². The van der Waals surface area contributed by atoms with Gasteiger partial charge in [-0.1, -0.05) is 0 Å². The van der Waals surface area contributed by atoms with E-state index in [2.05, 4.69) is 4.90 Å². The molecule has 0 spiro atoms. The lowest BCUT2D eigenvalue weighted by Gasteiger charge is -2.10. The number of nitrogens with zero attached hydrogens (tertiary/aromatic N) is 1. The lowest BCUT2D eigenvalue weighted by Crippen LogP contribution is -2.15. The van der Waals surface area contributed by atoms with E-state index in [0.29, 0.717) is 11.3 Å². The molecule has 0 aliphatic carbocycles. The van der Waals surface area contributed by atoms with Crippen molar-refractivity contribution in [1.29, 1.82) is 0 Å². The van der Waals surface area contributed by atoms with Gasteiger partial charge in [0.15, 0.2) is 0 Å². The molecule has 1 aromatic carbocycles. The summed E-state index contributed by atoms with van der Waals surface area (Å²) in [7, 11) is 3.97. The van der Waals surface area contributed by atoms with Crippen LogP contribution in [0.2, 0.25) is 0 Å². The van der Waals surface area contributed by atoms with Crippen LogP contribution in [0.1, 0.15) is 10.4 Å². The quantitative estimate of drug-likeness (QED) is 0.604. The third kappa shape index (κ3) is 3.75. The van der Waals surface area contributed by atoms with Crippen LogP contribution in [0.4, 0.5) is 5.69 Å². The predicted octanol–water partition coefficient (Wildman–Crippen LogP) is 1.62. The molecule has 5 heteroatoms. The summed E-state index contributed by atoms with van der Waals surface area (Å²) < 4.78 is 0. The maximum Gasteiger partial charge on any atom is 0.336 e. The van der Waals surface area contributed by atoms with Crippen molar-refractivity contribution in [2.75, 3.05) is 32.1 Å². The van der Waals surface area contributed by atoms with Gasteiger partial charge in [0.1, 0.15) is 0 Å². The van der Waals surface area contributed by atoms with E-state index in [9.17, 15) is 4.79 Å². The van der Waals surface area contributed by atoms with Crippen LogP contribution in [0, 0.1) is 0 Å². The summed E-state index contributed by atoms with van der Waals surface area (Å²) in [5.41, 5.74) is 6.55. The van der Waals surface area contributed by atoms with Crippen LogP contribution in [-0.2, 0) is 0 Å². The van der Waals surface area contributed by atoms with Gasteiger partial charge in [0.05, 0.1) is 5.56 Å². The Hall–Kier alpha value is -1.20. The number of rotatable bonds is 5. The van der Waals surface area contributed by atoms with Crippen LogP contribution >= 0.6 is 11.8 Å². The first-order valence-corrected chi connectivity index (χ1v) is 5.89. The number of anilines is 1. The summed E-state index contributed by atoms with van der Waals surface area (Å²) in [4.78, 5) is 13.8. The fraction of sp³-hybridized carbons (Fsp3) is 0.364. The third-order valence-electron chi connectivity index (χ3n) is 2.03. The number of thioether (sulfide) groups is 1. The predicted molar refractivity (Wildman–Crippen MR) is 67.1 cm³/mol. The SMILES string of the molecule is CN(C)CCSc1cc(N)ccc1C(=O)O. The summed E-state index contributed by atoms with van der Waals surface area (Å²) in [6, 6.07) is 4.87. The normalized spacial score (nSPS) is 10.7. The highest BCUT2D eigenvalue weighted by molar-refractivity contribution is 7.99. The molecule has 0 atom stereocenters. The molecule has 0 saturated heterocycles. The van der Waals surface area contributed by atoms with Crippen molar-refractivity contribution in [1.82, 2.24) is 4.90 Å². The standard InChI is InChI=1S/C11H16N2O2S/c1-13(2)5-6-16-10-7-8(12)3-4-9(10)11(14)15/h3-4,7H,5-6,12H2,1-2H3,(H,14,15). The van der Waals surface area contributed by atoms with E-state index in [1.807, 2.05) is 14.1 Å². The second-order valence-corrected chi connectivity index (χ2v) is 4.85. The number of nitrogen functional groups attached to an aromatic ring is 1. The molecule has 16 heavy (non-hydrogen) atoms. The van der Waals surface area contributed by atoms with Crippen molar-refractivity contribution in [2.24, 2.45) is 0 Å². The Kier molecular flexibility index (Phi) is 4.64. The molecular formula is C11H16N2O2S. The summed E-state index contributed by atoms with van der Waals surface area (Å²) in [5, 5.41) is 9.00. The Bertz CT molecular complexity index is 380. The van der Waals surface area contributed by atoms with Crippen molar-refractivity contribution < 1.29 is 9.90 Å². The van der Waals surface area contributed by atoms with Crippen molar-refractivity contribution in [3.63, 3.8) is 0 Å². The van der Waals surface area contributed by atoms with Gasteiger partial charge in [-0.15, -0.1) is 11.8 Å². The zero-order valence-electron chi connectivity index (χ0n) is 9.43. The lowest BCUT2D eigenvalue weighted by molar-refractivity contribution is 0.0693. The maximum absolute atomic E-state index is 11.0. The Labute approximate surface area is 99.4 Å². The lowest BCUT2D eigenvalue weighted by atomic mass is 10.2. The van der Waals surface area contributed by atoms with E-state index in [1.54, 1.807) is 18.2 Å². The Morgan fingerprint density at radius 2 is 2.19 bits per heavy atom. The molecular weight excluding hydrogens is 224 g/mol. The first-order valence-electron chi connectivity index (χ1n) is 4.91. The molecule has 0 saturated carbocycles. The average Bonchev–Trinajstić information content (AvgIpc) is 2.16. The van der Waals surface area contributed by atoms with Gasteiger partial charge in [-0.3, -0.25) is 0 Å². The van der Waals surface area contributed by atoms with Gasteiger partial charge in [0.25, 0.3) is 0 Å². The van der Waals surface area contributed by atoms with Crippen LogP contribution in [0.15, 0.2) is 23.1 Å². The minimum atomic E-state index is -0.910. The van der Waals surface area contributed by atoms with Crippen molar-refractivity contribution in [3.8, 4) is 0 Å². The molecule has 4 nitrogen and oxygen atoms in total. The van der Waals surface area contributed by atoms with Crippen LogP contribution in [0.5, 0.6) is 0 Å². The second-order valence-electron chi connectivity index (χ2n) is 3.71. The van der Waals surface area contributed by atoms with E-state index in [-0.39, 0.29) is 0 Å². The fourth-order valence-corrected chi connectivity index (χ4v) is 2.38. The molecule has 0 aromatic heterocycles. The molecule has 1 rings (SSSR count). The second kappa shape index (κ2) is 5.77. The molecule has 0 aliphatic heterocycles. The van der Waals surface area contributed by atoms with Crippen molar-refractivity contribution in [3.05, 3.63) is 23.8 Å². The van der Waals surface area contributed by atoms with Gasteiger partial charge in [0, 0.05) is 22.9 Å². The van der Waals surface area contributed by atoms with Gasteiger partial charge in [0.2, 0.25) is 0 Å². The van der Waals surface area contributed by atoms with E-state index >= 15 is 0 Å². The van der Waals surface area contributed by atoms with Crippen molar-refractivity contribution in [2.45, 2.75) is 4.90 Å². The number of carboxylic acids is 1. The smallest absolute Gasteiger partial charge is 0.336 e. The number of carbonyl (C=O) groups is 1. The van der Waals surface area contributed by atoms with E-state index in [4.69, 9.17) is 10.8 Å². The summed E-state index contributed by atoms with van der Waals surface area (Å²) in [5.74, 6) is -0.0659. The number of nitrogens with two attached hydrogens (primary N) is 1. The van der Waals surface area contributed by atoms with Gasteiger partial charge in [-0.25, -0.2) is 4.79 Å². The molecule has 0 unspecified atom stereocenters. The van der Waals surface area contributed by atoms with Crippen LogP contribution in [-0.4, -0.2) is 42.4 Å². The van der Waals surface area contributed by atoms with E-state index in [1.165, 1.54) is 11.8 Å². The van der Waals surface area contributed by atoms with Gasteiger partial charge >= 0.3 is 5.97 Å². The molecule has 0 bridgehead atoms. The van der Waals surface area contributed by atoms with Crippen LogP contribution < -0.4 is 5.73 Å². The molecule has 0 amide bonds. The summed E-state index contributed by atoms with van der Waals surface area (Å²) in [6.45, 7) is 0.901. The first kappa shape index (κ1) is 12.9. The minimum absolute atomic E-state index is 0.318. The monoisotopic (exact) mass is 240 g/mol. The molecule has 0 aliphatic rings. The molecule has 1 aromatic rings. The number of hydrogen-bond acceptors (Lipinski definition) is 4. The Morgan fingerprint density at radius 3 is 2.75 bits per heavy atom. The average molecular weight is 240 g/mol. The molecule has 3 N–H and O–H groups in total. The minimum Gasteiger partial charge on any atom is -0.478 e. The summed E-state index contributed by atoms with van der Waals surface area (Å²) in [6.07, 6.45) is 0. The number of aromatic carboxylic acids is 1. The topological polar surface area (TPSA) is 66.6 Å². The van der Waals surface area contributed by atoms with Gasteiger partial charge in [-0.2, -0.15) is 0 Å². The molecule has 0 radical (unpaired) electrons. The summed E-state index contributed by atoms with van der Waals surface area (Å²) >= 11 is 1.52. The molecule has 88 valence electrons. The number of carboxylic acid groups (broad SMARTS) is 1. The largest absolute Gasteiger partial charge is 0.478 e. The highest BCUT2D eigenvalue weighted by Gasteiger charge is 2.10. The Morgan fingerprint density at radius 1 is 1.50 bits per heavy atom. The zero-order valence-corrected chi connectivity index (χ0v) is 10.3. The van der Waals surface area contributed by atoms with Crippen LogP contribution in [0.25, 0.3) is 0 Å². The van der Waals surface area contributed by atoms with Gasteiger partial charge in [-0.05, 0) is 32.3 Å². The Balaban J connectivity index is 2.76.